The number of fused-ring (bicyclic) bond motifs is 1. The molecule has 0 unspecified atom stereocenters. The Morgan fingerprint density at radius 2 is 1.95 bits per heavy atom. The molecule has 0 saturated carbocycles. The van der Waals surface area contributed by atoms with Gasteiger partial charge in [-0.25, -0.2) is 4.98 Å². The molecule has 0 aliphatic carbocycles. The molecule has 1 aromatic carbocycles. The fourth-order valence-electron chi connectivity index (χ4n) is 2.28. The normalized spacial score (nSPS) is 11.0. The van der Waals surface area contributed by atoms with Crippen molar-refractivity contribution in [3.8, 4) is 11.1 Å². The average molecular weight is 251 g/mol. The molecule has 2 N–H and O–H groups in total. The molecule has 0 radical (unpaired) electrons. The number of rotatable bonds is 4. The lowest BCUT2D eigenvalue weighted by molar-refractivity contribution is 0.727. The molecule has 0 atom stereocenters. The van der Waals surface area contributed by atoms with E-state index in [-0.39, 0.29) is 0 Å². The number of H-pyrrole nitrogens is 1. The number of nitrogens with one attached hydrogen (secondary N) is 2. The SMILES string of the molecule is CCNCc1ccc(-c2ccnc3[nH]ccc23)cc1. The summed E-state index contributed by atoms with van der Waals surface area (Å²) >= 11 is 0. The van der Waals surface area contributed by atoms with Gasteiger partial charge in [0.15, 0.2) is 0 Å². The maximum atomic E-state index is 4.32. The molecule has 96 valence electrons. The smallest absolute Gasteiger partial charge is 0.137 e. The first-order chi connectivity index (χ1) is 9.38. The van der Waals surface area contributed by atoms with E-state index < -0.39 is 0 Å². The Morgan fingerprint density at radius 3 is 2.74 bits per heavy atom. The van der Waals surface area contributed by atoms with Crippen LogP contribution in [0.3, 0.4) is 0 Å². The maximum absolute atomic E-state index is 4.32. The van der Waals surface area contributed by atoms with Crippen LogP contribution in [0, 0.1) is 0 Å². The first-order valence-corrected chi connectivity index (χ1v) is 6.60. The lowest BCUT2D eigenvalue weighted by Crippen LogP contribution is -2.11. The van der Waals surface area contributed by atoms with Gasteiger partial charge in [-0.1, -0.05) is 31.2 Å². The number of nitrogens with zero attached hydrogens (tertiary/aromatic N) is 1. The van der Waals surface area contributed by atoms with Gasteiger partial charge in [-0.2, -0.15) is 0 Å². The fourth-order valence-corrected chi connectivity index (χ4v) is 2.28. The lowest BCUT2D eigenvalue weighted by Gasteiger charge is -2.06. The molecule has 0 fully saturated rings. The minimum atomic E-state index is 0.923. The molecule has 0 amide bonds. The van der Waals surface area contributed by atoms with Crippen LogP contribution in [0.25, 0.3) is 22.2 Å². The fraction of sp³-hybridized carbons (Fsp3) is 0.188. The zero-order valence-electron chi connectivity index (χ0n) is 11.0. The van der Waals surface area contributed by atoms with Crippen molar-refractivity contribution in [2.75, 3.05) is 6.54 Å². The molecule has 0 aliphatic heterocycles. The third-order valence-electron chi connectivity index (χ3n) is 3.30. The second-order valence-corrected chi connectivity index (χ2v) is 4.58. The zero-order valence-corrected chi connectivity index (χ0v) is 11.0. The highest BCUT2D eigenvalue weighted by molar-refractivity contribution is 5.92. The van der Waals surface area contributed by atoms with Crippen LogP contribution in [-0.2, 0) is 6.54 Å². The number of hydrogen-bond donors (Lipinski definition) is 2. The van der Waals surface area contributed by atoms with E-state index in [1.165, 1.54) is 22.1 Å². The lowest BCUT2D eigenvalue weighted by atomic mass is 10.0. The van der Waals surface area contributed by atoms with E-state index in [1.54, 1.807) is 0 Å². The second-order valence-electron chi connectivity index (χ2n) is 4.58. The van der Waals surface area contributed by atoms with E-state index in [2.05, 4.69) is 58.6 Å². The second kappa shape index (κ2) is 5.24. The summed E-state index contributed by atoms with van der Waals surface area (Å²) in [5.41, 5.74) is 4.70. The quantitative estimate of drug-likeness (QED) is 0.746. The van der Waals surface area contributed by atoms with Crippen molar-refractivity contribution < 1.29 is 0 Å². The summed E-state index contributed by atoms with van der Waals surface area (Å²) in [5, 5.41) is 4.50. The largest absolute Gasteiger partial charge is 0.346 e. The van der Waals surface area contributed by atoms with Crippen LogP contribution in [0.15, 0.2) is 48.8 Å². The van der Waals surface area contributed by atoms with Crippen LogP contribution in [-0.4, -0.2) is 16.5 Å². The van der Waals surface area contributed by atoms with E-state index in [1.807, 2.05) is 12.4 Å². The van der Waals surface area contributed by atoms with Crippen molar-refractivity contribution in [3.05, 3.63) is 54.4 Å². The van der Waals surface area contributed by atoms with E-state index in [9.17, 15) is 0 Å². The molecular formula is C16H17N3. The Balaban J connectivity index is 1.95. The van der Waals surface area contributed by atoms with Crippen LogP contribution in [0.4, 0.5) is 0 Å². The number of aromatic nitrogens is 2. The molecule has 3 heteroatoms. The van der Waals surface area contributed by atoms with E-state index in [0.29, 0.717) is 0 Å². The van der Waals surface area contributed by atoms with Crippen LogP contribution in [0.1, 0.15) is 12.5 Å². The van der Waals surface area contributed by atoms with Gasteiger partial charge in [0.05, 0.1) is 0 Å². The van der Waals surface area contributed by atoms with Gasteiger partial charge in [0, 0.05) is 24.3 Å². The summed E-state index contributed by atoms with van der Waals surface area (Å²) in [6.07, 6.45) is 3.78. The molecule has 19 heavy (non-hydrogen) atoms. The molecule has 2 aromatic heterocycles. The van der Waals surface area contributed by atoms with Gasteiger partial charge in [0.2, 0.25) is 0 Å². The highest BCUT2D eigenvalue weighted by Crippen LogP contribution is 2.26. The van der Waals surface area contributed by atoms with E-state index in [4.69, 9.17) is 0 Å². The van der Waals surface area contributed by atoms with Crippen molar-refractivity contribution >= 4 is 11.0 Å². The molecule has 0 saturated heterocycles. The van der Waals surface area contributed by atoms with E-state index >= 15 is 0 Å². The van der Waals surface area contributed by atoms with Gasteiger partial charge in [0.1, 0.15) is 5.65 Å². The van der Waals surface area contributed by atoms with Crippen molar-refractivity contribution in [2.45, 2.75) is 13.5 Å². The van der Waals surface area contributed by atoms with Crippen LogP contribution >= 0.6 is 0 Å². The van der Waals surface area contributed by atoms with E-state index in [0.717, 1.165) is 18.7 Å². The maximum Gasteiger partial charge on any atom is 0.137 e. The zero-order chi connectivity index (χ0) is 13.1. The average Bonchev–Trinajstić information content (AvgIpc) is 2.94. The van der Waals surface area contributed by atoms with Crippen LogP contribution in [0.2, 0.25) is 0 Å². The van der Waals surface area contributed by atoms with Crippen LogP contribution < -0.4 is 5.32 Å². The van der Waals surface area contributed by atoms with Crippen LogP contribution in [0.5, 0.6) is 0 Å². The minimum absolute atomic E-state index is 0.923. The van der Waals surface area contributed by atoms with Gasteiger partial charge < -0.3 is 10.3 Å². The predicted octanol–water partition coefficient (Wildman–Crippen LogP) is 3.34. The predicted molar refractivity (Wildman–Crippen MR) is 78.9 cm³/mol. The molecule has 3 aromatic rings. The highest BCUT2D eigenvalue weighted by Gasteiger charge is 2.04. The summed E-state index contributed by atoms with van der Waals surface area (Å²) in [5.74, 6) is 0. The topological polar surface area (TPSA) is 40.7 Å². The Labute approximate surface area is 112 Å². The number of aromatic amines is 1. The monoisotopic (exact) mass is 251 g/mol. The number of benzene rings is 1. The molecule has 3 nitrogen and oxygen atoms in total. The summed E-state index contributed by atoms with van der Waals surface area (Å²) in [6.45, 7) is 4.04. The van der Waals surface area contributed by atoms with Gasteiger partial charge >= 0.3 is 0 Å². The van der Waals surface area contributed by atoms with Gasteiger partial charge in [0.25, 0.3) is 0 Å². The third kappa shape index (κ3) is 2.37. The highest BCUT2D eigenvalue weighted by atomic mass is 14.8. The van der Waals surface area contributed by atoms with Gasteiger partial charge in [-0.3, -0.25) is 0 Å². The number of pyridine rings is 1. The molecule has 0 aliphatic rings. The Morgan fingerprint density at radius 1 is 1.11 bits per heavy atom. The number of hydrogen-bond acceptors (Lipinski definition) is 2. The molecular weight excluding hydrogens is 234 g/mol. The summed E-state index contributed by atoms with van der Waals surface area (Å²) < 4.78 is 0. The van der Waals surface area contributed by atoms with Crippen molar-refractivity contribution in [3.63, 3.8) is 0 Å². The Bertz CT molecular complexity index is 668. The first-order valence-electron chi connectivity index (χ1n) is 6.60. The first kappa shape index (κ1) is 11.9. The Hall–Kier alpha value is -2.13. The third-order valence-corrected chi connectivity index (χ3v) is 3.30. The standard InChI is InChI=1S/C16H17N3/c1-2-17-11-12-3-5-13(6-4-12)14-7-9-18-16-15(14)8-10-19-16/h3-10,17H,2,11H2,1H3,(H,18,19). The molecule has 2 heterocycles. The molecule has 3 rings (SSSR count). The van der Waals surface area contributed by atoms with Crippen molar-refractivity contribution in [1.29, 1.82) is 0 Å². The van der Waals surface area contributed by atoms with Gasteiger partial charge in [-0.15, -0.1) is 0 Å². The molecule has 0 bridgehead atoms. The Kier molecular flexibility index (Phi) is 3.29. The minimum Gasteiger partial charge on any atom is -0.346 e. The van der Waals surface area contributed by atoms with Crippen molar-refractivity contribution in [2.24, 2.45) is 0 Å². The van der Waals surface area contributed by atoms with Gasteiger partial charge in [-0.05, 0) is 35.4 Å². The summed E-state index contributed by atoms with van der Waals surface area (Å²) in [7, 11) is 0. The summed E-state index contributed by atoms with van der Waals surface area (Å²) in [6, 6.07) is 12.8. The summed E-state index contributed by atoms with van der Waals surface area (Å²) in [4.78, 5) is 7.47. The van der Waals surface area contributed by atoms with Crippen molar-refractivity contribution in [1.82, 2.24) is 15.3 Å². The molecule has 0 spiro atoms.